The molecule has 3 aromatic carbocycles. The van der Waals surface area contributed by atoms with Gasteiger partial charge in [0.05, 0.1) is 23.2 Å². The van der Waals surface area contributed by atoms with E-state index in [0.29, 0.717) is 11.4 Å². The Bertz CT molecular complexity index is 1170. The molecule has 0 fully saturated rings. The Labute approximate surface area is 165 Å². The van der Waals surface area contributed by atoms with E-state index in [0.717, 1.165) is 39.9 Å². The van der Waals surface area contributed by atoms with Crippen molar-refractivity contribution in [3.8, 4) is 11.1 Å². The lowest BCUT2D eigenvalue weighted by molar-refractivity contribution is -0.137. The summed E-state index contributed by atoms with van der Waals surface area (Å²) in [6.45, 7) is -0.0434. The number of nitrogens with one attached hydrogen (secondary N) is 1. The van der Waals surface area contributed by atoms with Crippen LogP contribution in [0.25, 0.3) is 34.3 Å². The first-order valence-electron chi connectivity index (χ1n) is 8.98. The summed E-state index contributed by atoms with van der Waals surface area (Å²) in [4.78, 5) is 7.70. The van der Waals surface area contributed by atoms with Crippen LogP contribution in [0.2, 0.25) is 0 Å². The minimum absolute atomic E-state index is 0.0434. The van der Waals surface area contributed by atoms with Crippen LogP contribution in [0.1, 0.15) is 22.5 Å². The number of aliphatic hydroxyl groups excluding tert-OH is 1. The van der Waals surface area contributed by atoms with Crippen LogP contribution in [0.4, 0.5) is 13.2 Å². The van der Waals surface area contributed by atoms with E-state index in [1.807, 2.05) is 42.5 Å². The highest BCUT2D eigenvalue weighted by Crippen LogP contribution is 2.29. The monoisotopic (exact) mass is 394 g/mol. The molecule has 0 radical (unpaired) electrons. The third-order valence-corrected chi connectivity index (χ3v) is 4.67. The standard InChI is InChI=1S/C23H17F3N2O/c24-23(25,26)18-9-5-15(6-10-18)7-12-22-27-20-11-8-16(13-21(20)28-22)19-4-2-1-3-17(19)14-29/h1-13,29H,14H2,(H,27,28). The Hall–Kier alpha value is -3.38. The lowest BCUT2D eigenvalue weighted by Crippen LogP contribution is -2.03. The van der Waals surface area contributed by atoms with Gasteiger partial charge in [0.15, 0.2) is 0 Å². The van der Waals surface area contributed by atoms with Gasteiger partial charge in [-0.15, -0.1) is 0 Å². The fraction of sp³-hybridized carbons (Fsp3) is 0.0870. The molecule has 0 aliphatic carbocycles. The highest BCUT2D eigenvalue weighted by molar-refractivity contribution is 5.84. The number of rotatable bonds is 4. The van der Waals surface area contributed by atoms with E-state index in [2.05, 4.69) is 9.97 Å². The molecular weight excluding hydrogens is 377 g/mol. The predicted octanol–water partition coefficient (Wildman–Crippen LogP) is 5.91. The van der Waals surface area contributed by atoms with Crippen LogP contribution in [0.15, 0.2) is 66.7 Å². The van der Waals surface area contributed by atoms with Crippen LogP contribution in [-0.4, -0.2) is 15.1 Å². The van der Waals surface area contributed by atoms with E-state index < -0.39 is 11.7 Å². The molecule has 0 aliphatic heterocycles. The first-order chi connectivity index (χ1) is 13.9. The largest absolute Gasteiger partial charge is 0.416 e. The van der Waals surface area contributed by atoms with Crippen molar-refractivity contribution < 1.29 is 18.3 Å². The van der Waals surface area contributed by atoms with Crippen LogP contribution in [0.5, 0.6) is 0 Å². The van der Waals surface area contributed by atoms with Crippen molar-refractivity contribution in [2.24, 2.45) is 0 Å². The topological polar surface area (TPSA) is 48.9 Å². The molecule has 29 heavy (non-hydrogen) atoms. The number of hydrogen-bond acceptors (Lipinski definition) is 2. The molecule has 4 aromatic rings. The van der Waals surface area contributed by atoms with Crippen LogP contribution >= 0.6 is 0 Å². The van der Waals surface area contributed by atoms with Gasteiger partial charge in [0, 0.05) is 0 Å². The maximum atomic E-state index is 12.6. The Morgan fingerprint density at radius 1 is 0.931 bits per heavy atom. The van der Waals surface area contributed by atoms with E-state index in [-0.39, 0.29) is 6.61 Å². The number of hydrogen-bond donors (Lipinski definition) is 2. The molecule has 0 spiro atoms. The Morgan fingerprint density at radius 3 is 2.41 bits per heavy atom. The van der Waals surface area contributed by atoms with E-state index in [1.165, 1.54) is 12.1 Å². The number of aromatic nitrogens is 2. The first kappa shape index (κ1) is 19.0. The van der Waals surface area contributed by atoms with Gasteiger partial charge in [0.25, 0.3) is 0 Å². The van der Waals surface area contributed by atoms with Gasteiger partial charge in [-0.3, -0.25) is 0 Å². The van der Waals surface area contributed by atoms with Crippen molar-refractivity contribution in [3.05, 3.63) is 89.2 Å². The highest BCUT2D eigenvalue weighted by atomic mass is 19.4. The van der Waals surface area contributed by atoms with Gasteiger partial charge in [-0.1, -0.05) is 48.5 Å². The summed E-state index contributed by atoms with van der Waals surface area (Å²) < 4.78 is 37.9. The van der Waals surface area contributed by atoms with Crippen molar-refractivity contribution in [2.45, 2.75) is 12.8 Å². The number of aromatic amines is 1. The lowest BCUT2D eigenvalue weighted by Gasteiger charge is -2.07. The molecule has 0 bridgehead atoms. The molecule has 0 atom stereocenters. The van der Waals surface area contributed by atoms with E-state index in [4.69, 9.17) is 0 Å². The summed E-state index contributed by atoms with van der Waals surface area (Å²) in [6.07, 6.45) is -0.906. The smallest absolute Gasteiger partial charge is 0.392 e. The van der Waals surface area contributed by atoms with Gasteiger partial charge in [-0.25, -0.2) is 4.98 Å². The summed E-state index contributed by atoms with van der Waals surface area (Å²) in [5.74, 6) is 0.604. The summed E-state index contributed by atoms with van der Waals surface area (Å²) in [5, 5.41) is 9.55. The van der Waals surface area contributed by atoms with E-state index in [9.17, 15) is 18.3 Å². The molecule has 1 aromatic heterocycles. The average Bonchev–Trinajstić information content (AvgIpc) is 3.14. The minimum atomic E-state index is -4.34. The van der Waals surface area contributed by atoms with Crippen molar-refractivity contribution in [2.75, 3.05) is 0 Å². The zero-order chi connectivity index (χ0) is 20.4. The fourth-order valence-electron chi connectivity index (χ4n) is 3.17. The van der Waals surface area contributed by atoms with Gasteiger partial charge in [-0.2, -0.15) is 13.2 Å². The third-order valence-electron chi connectivity index (χ3n) is 4.67. The fourth-order valence-corrected chi connectivity index (χ4v) is 3.17. The number of imidazole rings is 1. The van der Waals surface area contributed by atoms with Crippen LogP contribution in [-0.2, 0) is 12.8 Å². The summed E-state index contributed by atoms with van der Waals surface area (Å²) in [7, 11) is 0. The molecule has 1 heterocycles. The quantitative estimate of drug-likeness (QED) is 0.452. The molecule has 146 valence electrons. The maximum Gasteiger partial charge on any atom is 0.416 e. The number of fused-ring (bicyclic) bond motifs is 1. The number of alkyl halides is 3. The molecule has 0 saturated carbocycles. The highest BCUT2D eigenvalue weighted by Gasteiger charge is 2.29. The average molecular weight is 394 g/mol. The summed E-state index contributed by atoms with van der Waals surface area (Å²) in [5.41, 5.74) is 4.35. The molecule has 0 aliphatic rings. The normalized spacial score (nSPS) is 12.1. The molecule has 2 N–H and O–H groups in total. The van der Waals surface area contributed by atoms with Crippen molar-refractivity contribution in [1.82, 2.24) is 9.97 Å². The summed E-state index contributed by atoms with van der Waals surface area (Å²) in [6, 6.07) is 18.4. The predicted molar refractivity (Wildman–Crippen MR) is 108 cm³/mol. The summed E-state index contributed by atoms with van der Waals surface area (Å²) >= 11 is 0. The van der Waals surface area contributed by atoms with Crippen molar-refractivity contribution in [3.63, 3.8) is 0 Å². The minimum Gasteiger partial charge on any atom is -0.392 e. The van der Waals surface area contributed by atoms with E-state index >= 15 is 0 Å². The second kappa shape index (κ2) is 7.56. The molecule has 0 unspecified atom stereocenters. The van der Waals surface area contributed by atoms with Gasteiger partial charge in [0.2, 0.25) is 0 Å². The van der Waals surface area contributed by atoms with Gasteiger partial charge < -0.3 is 10.1 Å². The number of benzene rings is 3. The molecule has 0 amide bonds. The van der Waals surface area contributed by atoms with Gasteiger partial charge >= 0.3 is 6.18 Å². The Morgan fingerprint density at radius 2 is 1.69 bits per heavy atom. The third kappa shape index (κ3) is 4.07. The number of H-pyrrole nitrogens is 1. The second-order valence-corrected chi connectivity index (χ2v) is 6.62. The maximum absolute atomic E-state index is 12.6. The molecule has 0 saturated heterocycles. The van der Waals surface area contributed by atoms with Crippen LogP contribution in [0.3, 0.4) is 0 Å². The Balaban J connectivity index is 1.60. The van der Waals surface area contributed by atoms with E-state index in [1.54, 1.807) is 12.2 Å². The van der Waals surface area contributed by atoms with Crippen molar-refractivity contribution >= 4 is 23.2 Å². The van der Waals surface area contributed by atoms with Crippen LogP contribution in [0, 0.1) is 0 Å². The zero-order valence-corrected chi connectivity index (χ0v) is 15.2. The lowest BCUT2D eigenvalue weighted by atomic mass is 10.00. The van der Waals surface area contributed by atoms with Crippen LogP contribution < -0.4 is 0 Å². The first-order valence-corrected chi connectivity index (χ1v) is 8.98. The number of nitrogens with zero attached hydrogens (tertiary/aromatic N) is 1. The second-order valence-electron chi connectivity index (χ2n) is 6.62. The van der Waals surface area contributed by atoms with Gasteiger partial charge in [0.1, 0.15) is 5.82 Å². The van der Waals surface area contributed by atoms with Crippen molar-refractivity contribution in [1.29, 1.82) is 0 Å². The SMILES string of the molecule is OCc1ccccc1-c1ccc2nc(C=Cc3ccc(C(F)(F)F)cc3)[nH]c2c1. The number of aliphatic hydroxyl groups is 1. The number of halogens is 3. The van der Waals surface area contributed by atoms with Gasteiger partial charge in [-0.05, 0) is 52.6 Å². The molecular formula is C23H17F3N2O. The molecule has 6 heteroatoms. The Kier molecular flexibility index (Phi) is 4.94. The molecule has 3 nitrogen and oxygen atoms in total. The zero-order valence-electron chi connectivity index (χ0n) is 15.2. The molecule has 4 rings (SSSR count).